The molecule has 388 valence electrons. The second kappa shape index (κ2) is 22.1. The Balaban J connectivity index is 2.33. The van der Waals surface area contributed by atoms with Crippen molar-refractivity contribution in [3.8, 4) is 5.75 Å². The van der Waals surface area contributed by atoms with Crippen molar-refractivity contribution in [1.82, 2.24) is 5.48 Å². The van der Waals surface area contributed by atoms with E-state index in [2.05, 4.69) is 5.32 Å². The second-order valence-corrected chi connectivity index (χ2v) is 20.5. The van der Waals surface area contributed by atoms with Crippen LogP contribution in [0.5, 0.6) is 5.75 Å². The van der Waals surface area contributed by atoms with E-state index >= 15 is 8.78 Å². The maximum Gasteiger partial charge on any atom is 0.460 e. The number of hydrogen-bond acceptors (Lipinski definition) is 7. The van der Waals surface area contributed by atoms with Gasteiger partial charge >= 0.3 is 53.7 Å². The molecule has 0 aliphatic carbocycles. The fourth-order valence-electron chi connectivity index (χ4n) is 6.59. The van der Waals surface area contributed by atoms with Gasteiger partial charge in [-0.25, -0.2) is 19.1 Å². The number of benzene rings is 2. The van der Waals surface area contributed by atoms with E-state index in [1.807, 2.05) is 0 Å². The monoisotopic (exact) mass is 1040 g/mol. The molecule has 2 aromatic carbocycles. The van der Waals surface area contributed by atoms with Crippen LogP contribution in [0.25, 0.3) is 0 Å². The largest absolute Gasteiger partial charge is 0.491 e. The van der Waals surface area contributed by atoms with Crippen LogP contribution in [0.15, 0.2) is 54.6 Å². The number of alkyl halides is 17. The Morgan fingerprint density at radius 1 is 0.721 bits per heavy atom. The third kappa shape index (κ3) is 12.3. The quantitative estimate of drug-likeness (QED) is 0.0227. The number of anilines is 1. The van der Waals surface area contributed by atoms with Crippen LogP contribution in [0.3, 0.4) is 0 Å². The third-order valence-corrected chi connectivity index (χ3v) is 16.2. The maximum atomic E-state index is 15.0. The zero-order valence-corrected chi connectivity index (χ0v) is 36.8. The minimum atomic E-state index is -8.73. The Morgan fingerprint density at radius 3 is 1.71 bits per heavy atom. The van der Waals surface area contributed by atoms with E-state index in [1.165, 1.54) is 70.6 Å². The van der Waals surface area contributed by atoms with Gasteiger partial charge in [-0.05, 0) is 59.8 Å². The lowest BCUT2D eigenvalue weighted by Gasteiger charge is -2.44. The summed E-state index contributed by atoms with van der Waals surface area (Å²) in [6.07, 6.45) is -11.6. The van der Waals surface area contributed by atoms with Crippen molar-refractivity contribution in [3.05, 3.63) is 71.8 Å². The van der Waals surface area contributed by atoms with Crippen molar-refractivity contribution >= 4 is 26.0 Å². The highest BCUT2D eigenvalue weighted by molar-refractivity contribution is 6.76. The summed E-state index contributed by atoms with van der Waals surface area (Å²) in [6, 6.07) is 6.06. The van der Waals surface area contributed by atoms with Gasteiger partial charge in [0, 0.05) is 25.7 Å². The smallest absolute Gasteiger partial charge is 0.460 e. The number of ether oxygens (including phenoxy) is 3. The summed E-state index contributed by atoms with van der Waals surface area (Å²) in [5.74, 6) is -60.0. The van der Waals surface area contributed by atoms with Crippen LogP contribution in [0.2, 0.25) is 17.1 Å². The maximum absolute atomic E-state index is 15.0. The SMILES string of the molecule is CO[C@@H](CC/C=C/C(=O)NO)[C@@H](OC(=O)Nc1ccc(F)cc1F)c1ccc(OCCO[Si](CCC(F)(F)C(F)(F)C(F)(F)C(F)(F)C(F)(F)C(F)(F)C(F)(F)C(F)(F)F)(C(C)C)C(C)C)cc1. The number of nitrogens with one attached hydrogen (secondary N) is 2. The number of rotatable bonds is 25. The van der Waals surface area contributed by atoms with E-state index < -0.39 is 134 Å². The highest BCUT2D eigenvalue weighted by Gasteiger charge is 2.95. The predicted octanol–water partition coefficient (Wildman–Crippen LogP) is 12.7. The molecular formula is C39H43F19N2O7Si. The van der Waals surface area contributed by atoms with E-state index in [4.69, 9.17) is 23.8 Å². The van der Waals surface area contributed by atoms with Crippen LogP contribution in [0, 0.1) is 11.6 Å². The van der Waals surface area contributed by atoms with Gasteiger partial charge in [0.1, 0.15) is 24.0 Å². The highest BCUT2D eigenvalue weighted by atomic mass is 28.4. The van der Waals surface area contributed by atoms with E-state index in [0.717, 1.165) is 18.2 Å². The summed E-state index contributed by atoms with van der Waals surface area (Å²) in [7, 11) is -2.85. The minimum absolute atomic E-state index is 0.00641. The summed E-state index contributed by atoms with van der Waals surface area (Å²) >= 11 is 0. The van der Waals surface area contributed by atoms with Gasteiger partial charge < -0.3 is 18.6 Å². The molecule has 2 rings (SSSR count). The molecule has 0 saturated heterocycles. The molecule has 0 bridgehead atoms. The Labute approximate surface area is 375 Å². The normalized spacial score (nSPS) is 14.9. The molecular weight excluding hydrogens is 997 g/mol. The Kier molecular flexibility index (Phi) is 19.3. The van der Waals surface area contributed by atoms with Crippen molar-refractivity contribution in [2.75, 3.05) is 25.6 Å². The highest BCUT2D eigenvalue weighted by Crippen LogP contribution is 2.64. The minimum Gasteiger partial charge on any atom is -0.491 e. The van der Waals surface area contributed by atoms with E-state index in [9.17, 15) is 84.2 Å². The molecule has 0 saturated carbocycles. The zero-order chi connectivity index (χ0) is 52.7. The first-order chi connectivity index (χ1) is 30.9. The van der Waals surface area contributed by atoms with Crippen molar-refractivity contribution in [1.29, 1.82) is 0 Å². The topological polar surface area (TPSA) is 115 Å². The lowest BCUT2D eigenvalue weighted by molar-refractivity contribution is -0.461. The van der Waals surface area contributed by atoms with Gasteiger partial charge in [0.15, 0.2) is 14.4 Å². The van der Waals surface area contributed by atoms with Gasteiger partial charge in [-0.15, -0.1) is 0 Å². The number of halogens is 19. The molecule has 2 aromatic rings. The summed E-state index contributed by atoms with van der Waals surface area (Å²) < 4.78 is 286. The summed E-state index contributed by atoms with van der Waals surface area (Å²) in [5, 5.41) is 10.8. The number of methoxy groups -OCH3 is 1. The Morgan fingerprint density at radius 2 is 1.24 bits per heavy atom. The molecule has 2 amide bonds. The van der Waals surface area contributed by atoms with Gasteiger partial charge in [0.2, 0.25) is 0 Å². The summed E-state index contributed by atoms with van der Waals surface area (Å²) in [6.45, 7) is 4.00. The van der Waals surface area contributed by atoms with Crippen molar-refractivity contribution < 1.29 is 117 Å². The molecule has 0 spiro atoms. The standard InChI is InChI=1S/C39H43F19N2O7Si/c1-21(2)68(22(3)4,19-16-32(42,43)33(44,45)34(46,47)35(48,49)36(50,51)37(52,53)38(54,55)39(56,57)58)66-18-17-65-25-13-10-23(11-14-25)30(28(64-5)8-6-7-9-29(61)60-63)67-31(62)59-27-15-12-24(40)20-26(27)41/h7,9-15,20-22,28,30,63H,6,8,16-19H2,1-5H3,(H,59,62)(H,60,61)/b9-7+/t28-,30-/m0/s1. The van der Waals surface area contributed by atoms with Crippen LogP contribution in [0.4, 0.5) is 93.9 Å². The van der Waals surface area contributed by atoms with Crippen molar-refractivity contribution in [2.45, 2.75) is 124 Å². The summed E-state index contributed by atoms with van der Waals surface area (Å²) in [5.41, 5.74) is -0.785. The molecule has 0 aliphatic heterocycles. The second-order valence-electron chi connectivity index (χ2n) is 15.5. The molecule has 0 aliphatic rings. The molecule has 0 radical (unpaired) electrons. The van der Waals surface area contributed by atoms with Crippen LogP contribution in [0.1, 0.15) is 58.6 Å². The third-order valence-electron chi connectivity index (χ3n) is 10.5. The zero-order valence-electron chi connectivity index (χ0n) is 35.8. The first kappa shape index (κ1) is 59.6. The molecule has 0 heterocycles. The van der Waals surface area contributed by atoms with Crippen LogP contribution < -0.4 is 15.5 Å². The van der Waals surface area contributed by atoms with Gasteiger partial charge in [0.05, 0.1) is 18.4 Å². The summed E-state index contributed by atoms with van der Waals surface area (Å²) in [4.78, 5) is 24.2. The van der Waals surface area contributed by atoms with Gasteiger partial charge in [0.25, 0.3) is 5.91 Å². The number of hydroxylamine groups is 1. The lowest BCUT2D eigenvalue weighted by Crippen LogP contribution is -2.74. The van der Waals surface area contributed by atoms with Crippen LogP contribution in [-0.2, 0) is 18.7 Å². The molecule has 0 aromatic heterocycles. The van der Waals surface area contributed by atoms with Gasteiger partial charge in [-0.2, -0.15) is 74.6 Å². The number of amides is 2. The fraction of sp³-hybridized carbons (Fsp3) is 0.590. The number of allylic oxidation sites excluding steroid dienone is 1. The van der Waals surface area contributed by atoms with Gasteiger partial charge in [-0.1, -0.05) is 45.9 Å². The van der Waals surface area contributed by atoms with Crippen molar-refractivity contribution in [3.63, 3.8) is 0 Å². The molecule has 0 unspecified atom stereocenters. The fourth-order valence-corrected chi connectivity index (χ4v) is 11.1. The Bertz CT molecular complexity index is 2010. The average molecular weight is 1040 g/mol. The molecule has 68 heavy (non-hydrogen) atoms. The van der Waals surface area contributed by atoms with Crippen LogP contribution >= 0.6 is 0 Å². The molecule has 9 nitrogen and oxygen atoms in total. The molecule has 2 atom stereocenters. The first-order valence-corrected chi connectivity index (χ1v) is 21.8. The van der Waals surface area contributed by atoms with E-state index in [1.54, 1.807) is 0 Å². The lowest BCUT2D eigenvalue weighted by atomic mass is 9.88. The number of carbonyl (C=O) groups excluding carboxylic acids is 2. The first-order valence-electron chi connectivity index (χ1n) is 19.5. The molecule has 3 N–H and O–H groups in total. The van der Waals surface area contributed by atoms with E-state index in [-0.39, 0.29) is 24.2 Å². The number of carbonyl (C=O) groups is 2. The van der Waals surface area contributed by atoms with Gasteiger partial charge in [-0.3, -0.25) is 15.3 Å². The average Bonchev–Trinajstić information content (AvgIpc) is 3.22. The molecule has 0 fully saturated rings. The van der Waals surface area contributed by atoms with E-state index in [0.29, 0.717) is 6.07 Å². The predicted molar refractivity (Wildman–Crippen MR) is 202 cm³/mol. The number of hydrogen-bond donors (Lipinski definition) is 3. The van der Waals surface area contributed by atoms with Crippen LogP contribution in [-0.4, -0.2) is 99.6 Å². The van der Waals surface area contributed by atoms with Crippen molar-refractivity contribution in [2.24, 2.45) is 0 Å². The molecule has 29 heteroatoms. The Hall–Kier alpha value is -4.51.